The van der Waals surface area contributed by atoms with Crippen LogP contribution in [0.2, 0.25) is 0 Å². The molecule has 0 saturated heterocycles. The monoisotopic (exact) mass is 446 g/mol. The predicted molar refractivity (Wildman–Crippen MR) is 127 cm³/mol. The molecular weight excluding hydrogens is 420 g/mol. The van der Waals surface area contributed by atoms with Gasteiger partial charge in [0.25, 0.3) is 5.69 Å². The van der Waals surface area contributed by atoms with E-state index in [-0.39, 0.29) is 11.4 Å². The Bertz CT molecular complexity index is 1210. The molecule has 1 aliphatic rings. The number of aromatic nitrogens is 1. The van der Waals surface area contributed by atoms with Gasteiger partial charge in [0.1, 0.15) is 0 Å². The van der Waals surface area contributed by atoms with Gasteiger partial charge in [-0.25, -0.2) is 9.78 Å². The number of benzene rings is 2. The minimum atomic E-state index is -1.48. The van der Waals surface area contributed by atoms with Gasteiger partial charge in [-0.05, 0) is 44.2 Å². The molecule has 0 fully saturated rings. The van der Waals surface area contributed by atoms with Crippen LogP contribution < -0.4 is 9.80 Å². The molecule has 8 nitrogen and oxygen atoms in total. The lowest BCUT2D eigenvalue weighted by Crippen LogP contribution is -2.31. The Morgan fingerprint density at radius 2 is 1.67 bits per heavy atom. The molecule has 0 bridgehead atoms. The van der Waals surface area contributed by atoms with Gasteiger partial charge in [0.15, 0.2) is 11.3 Å². The highest BCUT2D eigenvalue weighted by atomic mass is 16.6. The van der Waals surface area contributed by atoms with Crippen LogP contribution in [0.1, 0.15) is 41.0 Å². The van der Waals surface area contributed by atoms with E-state index in [0.29, 0.717) is 29.8 Å². The standard InChI is InChI=1S/C25H26N4O4/c1-5-28(6-2)19-13-14-20(22(16-19)29(31)32)25(17-9-11-18(12-10-17)27(3)4)21-8-7-15-26-23(21)24(30)33-25/h7-16H,5-6H2,1-4H3. The third kappa shape index (κ3) is 3.57. The summed E-state index contributed by atoms with van der Waals surface area (Å²) in [6.07, 6.45) is 1.52. The van der Waals surface area contributed by atoms with Gasteiger partial charge in [0, 0.05) is 61.9 Å². The molecule has 1 aliphatic heterocycles. The second kappa shape index (κ2) is 8.54. The lowest BCUT2D eigenvalue weighted by Gasteiger charge is -2.31. The second-order valence-electron chi connectivity index (χ2n) is 8.04. The minimum Gasteiger partial charge on any atom is -0.439 e. The van der Waals surface area contributed by atoms with Gasteiger partial charge in [0.2, 0.25) is 0 Å². The van der Waals surface area contributed by atoms with Crippen LogP contribution in [0.25, 0.3) is 0 Å². The van der Waals surface area contributed by atoms with E-state index in [1.54, 1.807) is 24.3 Å². The molecule has 2 heterocycles. The first-order valence-electron chi connectivity index (χ1n) is 10.8. The quantitative estimate of drug-likeness (QED) is 0.303. The molecule has 3 aromatic rings. The summed E-state index contributed by atoms with van der Waals surface area (Å²) in [4.78, 5) is 32.9. The zero-order chi connectivity index (χ0) is 23.8. The molecule has 2 aromatic carbocycles. The molecule has 33 heavy (non-hydrogen) atoms. The molecule has 0 N–H and O–H groups in total. The van der Waals surface area contributed by atoms with E-state index in [1.807, 2.05) is 68.1 Å². The number of ether oxygens (including phenoxy) is 1. The van der Waals surface area contributed by atoms with Crippen molar-refractivity contribution in [2.75, 3.05) is 37.0 Å². The number of nitro groups is 1. The summed E-state index contributed by atoms with van der Waals surface area (Å²) < 4.78 is 6.00. The van der Waals surface area contributed by atoms with Gasteiger partial charge in [-0.15, -0.1) is 0 Å². The fourth-order valence-corrected chi connectivity index (χ4v) is 4.41. The van der Waals surface area contributed by atoms with E-state index >= 15 is 0 Å². The Morgan fingerprint density at radius 1 is 1.00 bits per heavy atom. The maximum Gasteiger partial charge on any atom is 0.358 e. The summed E-state index contributed by atoms with van der Waals surface area (Å²) in [6.45, 7) is 5.42. The first-order valence-corrected chi connectivity index (χ1v) is 10.8. The van der Waals surface area contributed by atoms with E-state index < -0.39 is 16.5 Å². The van der Waals surface area contributed by atoms with Crippen LogP contribution >= 0.6 is 0 Å². The first-order chi connectivity index (χ1) is 15.8. The zero-order valence-electron chi connectivity index (χ0n) is 19.1. The first kappa shape index (κ1) is 22.3. The van der Waals surface area contributed by atoms with Gasteiger partial charge < -0.3 is 14.5 Å². The van der Waals surface area contributed by atoms with Crippen molar-refractivity contribution in [1.82, 2.24) is 4.98 Å². The zero-order valence-corrected chi connectivity index (χ0v) is 19.1. The number of carbonyl (C=O) groups is 1. The minimum absolute atomic E-state index is 0.111. The van der Waals surface area contributed by atoms with Crippen LogP contribution in [0.5, 0.6) is 0 Å². The summed E-state index contributed by atoms with van der Waals surface area (Å²) in [6, 6.07) is 16.0. The Labute approximate surface area is 192 Å². The van der Waals surface area contributed by atoms with E-state index in [0.717, 1.165) is 11.4 Å². The number of nitrogens with zero attached hydrogens (tertiary/aromatic N) is 4. The van der Waals surface area contributed by atoms with Crippen LogP contribution in [0.4, 0.5) is 17.1 Å². The summed E-state index contributed by atoms with van der Waals surface area (Å²) in [5, 5.41) is 12.3. The van der Waals surface area contributed by atoms with Crippen LogP contribution in [-0.4, -0.2) is 43.1 Å². The van der Waals surface area contributed by atoms with Gasteiger partial charge in [0.05, 0.1) is 10.5 Å². The Hall–Kier alpha value is -3.94. The van der Waals surface area contributed by atoms with Crippen molar-refractivity contribution in [3.8, 4) is 0 Å². The van der Waals surface area contributed by atoms with Crippen molar-refractivity contribution < 1.29 is 14.5 Å². The van der Waals surface area contributed by atoms with Gasteiger partial charge >= 0.3 is 5.97 Å². The predicted octanol–water partition coefficient (Wildman–Crippen LogP) is 4.36. The number of hydrogen-bond donors (Lipinski definition) is 0. The number of esters is 1. The topological polar surface area (TPSA) is 88.8 Å². The lowest BCUT2D eigenvalue weighted by molar-refractivity contribution is -0.386. The van der Waals surface area contributed by atoms with E-state index in [4.69, 9.17) is 4.74 Å². The van der Waals surface area contributed by atoms with Gasteiger partial charge in [-0.1, -0.05) is 18.2 Å². The highest BCUT2D eigenvalue weighted by Gasteiger charge is 2.52. The van der Waals surface area contributed by atoms with E-state index in [1.165, 1.54) is 6.20 Å². The number of pyridine rings is 1. The van der Waals surface area contributed by atoms with Crippen LogP contribution in [0.15, 0.2) is 60.8 Å². The van der Waals surface area contributed by atoms with Crippen molar-refractivity contribution in [2.45, 2.75) is 19.4 Å². The molecule has 4 rings (SSSR count). The van der Waals surface area contributed by atoms with Crippen LogP contribution in [0, 0.1) is 10.1 Å². The molecule has 0 amide bonds. The SMILES string of the molecule is CCN(CC)c1ccc(C2(c3ccc(N(C)C)cc3)OC(=O)c3ncccc32)c([N+](=O)[O-])c1. The van der Waals surface area contributed by atoms with Crippen LogP contribution in [0.3, 0.4) is 0 Å². The molecule has 1 atom stereocenters. The van der Waals surface area contributed by atoms with Crippen molar-refractivity contribution >= 4 is 23.0 Å². The largest absolute Gasteiger partial charge is 0.439 e. The van der Waals surface area contributed by atoms with Crippen molar-refractivity contribution in [1.29, 1.82) is 0 Å². The molecule has 0 spiro atoms. The maximum absolute atomic E-state index is 12.9. The maximum atomic E-state index is 12.9. The summed E-state index contributed by atoms with van der Waals surface area (Å²) in [5.74, 6) is -0.607. The van der Waals surface area contributed by atoms with Crippen molar-refractivity contribution in [3.63, 3.8) is 0 Å². The highest BCUT2D eigenvalue weighted by molar-refractivity contribution is 5.94. The fraction of sp³-hybridized carbons (Fsp3) is 0.280. The molecular formula is C25H26N4O4. The van der Waals surface area contributed by atoms with Crippen LogP contribution in [-0.2, 0) is 10.3 Å². The average molecular weight is 447 g/mol. The summed E-state index contributed by atoms with van der Waals surface area (Å²) >= 11 is 0. The molecule has 8 heteroatoms. The molecule has 0 aliphatic carbocycles. The Morgan fingerprint density at radius 3 is 2.27 bits per heavy atom. The number of hydrogen-bond acceptors (Lipinski definition) is 7. The second-order valence-corrected chi connectivity index (χ2v) is 8.04. The molecule has 0 radical (unpaired) electrons. The molecule has 1 unspecified atom stereocenters. The number of carbonyl (C=O) groups excluding carboxylic acids is 1. The number of fused-ring (bicyclic) bond motifs is 1. The third-order valence-corrected chi connectivity index (χ3v) is 6.10. The normalized spacial score (nSPS) is 16.8. The molecule has 0 saturated carbocycles. The van der Waals surface area contributed by atoms with Crippen molar-refractivity contribution in [3.05, 3.63) is 93.3 Å². The Kier molecular flexibility index (Phi) is 5.76. The highest BCUT2D eigenvalue weighted by Crippen LogP contribution is 2.49. The van der Waals surface area contributed by atoms with Crippen molar-refractivity contribution in [2.24, 2.45) is 0 Å². The lowest BCUT2D eigenvalue weighted by atomic mass is 9.79. The molecule has 1 aromatic heterocycles. The summed E-state index contributed by atoms with van der Waals surface area (Å²) in [7, 11) is 3.85. The number of anilines is 2. The summed E-state index contributed by atoms with van der Waals surface area (Å²) in [5.41, 5.74) is 1.67. The van der Waals surface area contributed by atoms with E-state index in [2.05, 4.69) is 4.98 Å². The molecule has 170 valence electrons. The third-order valence-electron chi connectivity index (χ3n) is 6.10. The Balaban J connectivity index is 2.02. The number of nitro benzene ring substituents is 1. The fourth-order valence-electron chi connectivity index (χ4n) is 4.41. The number of cyclic esters (lactones) is 1. The number of rotatable bonds is 7. The average Bonchev–Trinajstić information content (AvgIpc) is 3.13. The van der Waals surface area contributed by atoms with E-state index in [9.17, 15) is 14.9 Å². The van der Waals surface area contributed by atoms with Gasteiger partial charge in [-0.3, -0.25) is 10.1 Å². The smallest absolute Gasteiger partial charge is 0.358 e. The van der Waals surface area contributed by atoms with Gasteiger partial charge in [-0.2, -0.15) is 0 Å².